The van der Waals surface area contributed by atoms with E-state index in [-0.39, 0.29) is 5.91 Å². The zero-order valence-electron chi connectivity index (χ0n) is 12.2. The highest BCUT2D eigenvalue weighted by atomic mass is 32.1. The zero-order chi connectivity index (χ0) is 14.7. The van der Waals surface area contributed by atoms with Gasteiger partial charge in [0.15, 0.2) is 0 Å². The largest absolute Gasteiger partial charge is 0.380 e. The number of rotatable bonds is 4. The summed E-state index contributed by atoms with van der Waals surface area (Å²) in [7, 11) is 1.64. The number of aromatic nitrogens is 1. The predicted molar refractivity (Wildman–Crippen MR) is 83.5 cm³/mol. The smallest absolute Gasteiger partial charge is 0.251 e. The van der Waals surface area contributed by atoms with Crippen molar-refractivity contribution in [3.63, 3.8) is 0 Å². The molecule has 0 saturated heterocycles. The maximum absolute atomic E-state index is 11.8. The molecule has 1 heterocycles. The molecule has 5 heteroatoms. The lowest BCUT2D eigenvalue weighted by molar-refractivity contribution is 0.0962. The summed E-state index contributed by atoms with van der Waals surface area (Å²) >= 11 is 1.70. The van der Waals surface area contributed by atoms with Crippen molar-refractivity contribution in [2.45, 2.75) is 27.3 Å². The molecule has 4 nitrogen and oxygen atoms in total. The Balaban J connectivity index is 2.18. The molecule has 0 saturated carbocycles. The number of nitrogens with one attached hydrogen (secondary N) is 2. The van der Waals surface area contributed by atoms with Gasteiger partial charge in [-0.3, -0.25) is 4.79 Å². The second-order valence-electron chi connectivity index (χ2n) is 4.65. The molecule has 2 rings (SSSR count). The van der Waals surface area contributed by atoms with Gasteiger partial charge in [0.25, 0.3) is 5.91 Å². The molecule has 106 valence electrons. The van der Waals surface area contributed by atoms with Crippen molar-refractivity contribution in [1.82, 2.24) is 10.3 Å². The lowest BCUT2D eigenvalue weighted by Crippen LogP contribution is -2.19. The number of benzene rings is 1. The van der Waals surface area contributed by atoms with Crippen LogP contribution in [0.2, 0.25) is 0 Å². The quantitative estimate of drug-likeness (QED) is 0.909. The lowest BCUT2D eigenvalue weighted by atomic mass is 10.1. The standard InChI is InChI=1S/C15H19N3OS/c1-9-12(15(19)16-4)6-5-7-13(9)17-8-14-10(2)18-11(3)20-14/h5-7,17H,8H2,1-4H3,(H,16,19). The Morgan fingerprint density at radius 1 is 1.30 bits per heavy atom. The fraction of sp³-hybridized carbons (Fsp3) is 0.333. The zero-order valence-corrected chi connectivity index (χ0v) is 13.0. The second kappa shape index (κ2) is 6.05. The molecular formula is C15H19N3OS. The molecule has 1 aromatic carbocycles. The molecule has 0 atom stereocenters. The highest BCUT2D eigenvalue weighted by molar-refractivity contribution is 7.11. The Hall–Kier alpha value is -1.88. The van der Waals surface area contributed by atoms with Crippen molar-refractivity contribution in [2.24, 2.45) is 0 Å². The van der Waals surface area contributed by atoms with E-state index < -0.39 is 0 Å². The van der Waals surface area contributed by atoms with Crippen LogP contribution < -0.4 is 10.6 Å². The summed E-state index contributed by atoms with van der Waals surface area (Å²) in [6.07, 6.45) is 0. The first-order chi connectivity index (χ1) is 9.52. The molecule has 20 heavy (non-hydrogen) atoms. The van der Waals surface area contributed by atoms with Crippen LogP contribution in [-0.4, -0.2) is 17.9 Å². The van der Waals surface area contributed by atoms with E-state index in [4.69, 9.17) is 0 Å². The van der Waals surface area contributed by atoms with E-state index in [0.717, 1.165) is 28.5 Å². The molecule has 0 unspecified atom stereocenters. The van der Waals surface area contributed by atoms with Crippen LogP contribution in [0.1, 0.15) is 31.5 Å². The van der Waals surface area contributed by atoms with Crippen LogP contribution in [0.3, 0.4) is 0 Å². The molecule has 2 N–H and O–H groups in total. The molecule has 1 amide bonds. The number of hydrogen-bond donors (Lipinski definition) is 2. The Morgan fingerprint density at radius 2 is 2.05 bits per heavy atom. The van der Waals surface area contributed by atoms with E-state index in [1.165, 1.54) is 4.88 Å². The van der Waals surface area contributed by atoms with E-state index >= 15 is 0 Å². The molecular weight excluding hydrogens is 270 g/mol. The van der Waals surface area contributed by atoms with Crippen LogP contribution in [0.25, 0.3) is 0 Å². The van der Waals surface area contributed by atoms with E-state index in [2.05, 4.69) is 15.6 Å². The molecule has 0 aliphatic rings. The van der Waals surface area contributed by atoms with Crippen LogP contribution in [0.4, 0.5) is 5.69 Å². The number of anilines is 1. The average molecular weight is 289 g/mol. The number of carbonyl (C=O) groups is 1. The first-order valence-electron chi connectivity index (χ1n) is 6.51. The van der Waals surface area contributed by atoms with Gasteiger partial charge in [-0.1, -0.05) is 6.07 Å². The summed E-state index contributed by atoms with van der Waals surface area (Å²) in [5.74, 6) is -0.0593. The van der Waals surface area contributed by atoms with Crippen LogP contribution in [-0.2, 0) is 6.54 Å². The highest BCUT2D eigenvalue weighted by Crippen LogP contribution is 2.22. The van der Waals surface area contributed by atoms with Crippen LogP contribution >= 0.6 is 11.3 Å². The van der Waals surface area contributed by atoms with Gasteiger partial charge in [0.1, 0.15) is 0 Å². The van der Waals surface area contributed by atoms with Crippen molar-refractivity contribution in [3.05, 3.63) is 44.9 Å². The van der Waals surface area contributed by atoms with E-state index in [1.54, 1.807) is 18.4 Å². The number of carbonyl (C=O) groups excluding carboxylic acids is 1. The third-order valence-corrected chi connectivity index (χ3v) is 4.32. The third kappa shape index (κ3) is 2.99. The van der Waals surface area contributed by atoms with Gasteiger partial charge in [0.2, 0.25) is 0 Å². The molecule has 0 radical (unpaired) electrons. The molecule has 0 bridgehead atoms. The van der Waals surface area contributed by atoms with E-state index in [9.17, 15) is 4.79 Å². The van der Waals surface area contributed by atoms with Crippen LogP contribution in [0.5, 0.6) is 0 Å². The SMILES string of the molecule is CNC(=O)c1cccc(NCc2sc(C)nc2C)c1C. The topological polar surface area (TPSA) is 54.0 Å². The molecule has 0 fully saturated rings. The fourth-order valence-electron chi connectivity index (χ4n) is 2.12. The van der Waals surface area contributed by atoms with Crippen molar-refractivity contribution < 1.29 is 4.79 Å². The minimum absolute atomic E-state index is 0.0593. The Bertz CT molecular complexity index is 634. The number of aryl methyl sites for hydroxylation is 2. The molecule has 0 spiro atoms. The van der Waals surface area contributed by atoms with Gasteiger partial charge < -0.3 is 10.6 Å². The molecule has 1 aromatic heterocycles. The van der Waals surface area contributed by atoms with Crippen molar-refractivity contribution in [1.29, 1.82) is 0 Å². The first-order valence-corrected chi connectivity index (χ1v) is 7.33. The first kappa shape index (κ1) is 14.5. The Labute approximate surface area is 123 Å². The van der Waals surface area contributed by atoms with Crippen molar-refractivity contribution >= 4 is 22.9 Å². The average Bonchev–Trinajstić information content (AvgIpc) is 2.75. The second-order valence-corrected chi connectivity index (χ2v) is 5.94. The predicted octanol–water partition coefficient (Wildman–Crippen LogP) is 3.04. The summed E-state index contributed by atoms with van der Waals surface area (Å²) in [5.41, 5.74) is 3.72. The van der Waals surface area contributed by atoms with E-state index in [0.29, 0.717) is 5.56 Å². The fourth-order valence-corrected chi connectivity index (χ4v) is 3.00. The lowest BCUT2D eigenvalue weighted by Gasteiger charge is -2.12. The summed E-state index contributed by atoms with van der Waals surface area (Å²) in [6.45, 7) is 6.72. The normalized spacial score (nSPS) is 10.4. The minimum Gasteiger partial charge on any atom is -0.380 e. The number of thiazole rings is 1. The van der Waals surface area contributed by atoms with Crippen molar-refractivity contribution in [2.75, 3.05) is 12.4 Å². The van der Waals surface area contributed by atoms with E-state index in [1.807, 2.05) is 39.0 Å². The van der Waals surface area contributed by atoms with Crippen LogP contribution in [0.15, 0.2) is 18.2 Å². The third-order valence-electron chi connectivity index (χ3n) is 3.24. The summed E-state index contributed by atoms with van der Waals surface area (Å²) in [4.78, 5) is 17.4. The van der Waals surface area contributed by atoms with Gasteiger partial charge in [-0.2, -0.15) is 0 Å². The van der Waals surface area contributed by atoms with Crippen LogP contribution in [0, 0.1) is 20.8 Å². The summed E-state index contributed by atoms with van der Waals surface area (Å²) in [6, 6.07) is 5.72. The molecule has 2 aromatic rings. The number of amides is 1. The van der Waals surface area contributed by atoms with Gasteiger partial charge in [-0.05, 0) is 38.5 Å². The maximum atomic E-state index is 11.8. The number of hydrogen-bond acceptors (Lipinski definition) is 4. The Morgan fingerprint density at radius 3 is 2.65 bits per heavy atom. The monoisotopic (exact) mass is 289 g/mol. The number of nitrogens with zero attached hydrogens (tertiary/aromatic N) is 1. The highest BCUT2D eigenvalue weighted by Gasteiger charge is 2.11. The summed E-state index contributed by atoms with van der Waals surface area (Å²) in [5, 5.41) is 7.13. The van der Waals surface area contributed by atoms with Gasteiger partial charge in [-0.15, -0.1) is 11.3 Å². The molecule has 0 aliphatic heterocycles. The van der Waals surface area contributed by atoms with Gasteiger partial charge >= 0.3 is 0 Å². The minimum atomic E-state index is -0.0593. The molecule has 0 aliphatic carbocycles. The van der Waals surface area contributed by atoms with Gasteiger partial charge in [0, 0.05) is 23.2 Å². The maximum Gasteiger partial charge on any atom is 0.251 e. The van der Waals surface area contributed by atoms with Crippen molar-refractivity contribution in [3.8, 4) is 0 Å². The van der Waals surface area contributed by atoms with Gasteiger partial charge in [0.05, 0.1) is 17.2 Å². The van der Waals surface area contributed by atoms with Gasteiger partial charge in [-0.25, -0.2) is 4.98 Å². The Kier molecular flexibility index (Phi) is 4.39. The summed E-state index contributed by atoms with van der Waals surface area (Å²) < 4.78 is 0.